The van der Waals surface area contributed by atoms with Crippen molar-refractivity contribution in [3.8, 4) is 0 Å². The summed E-state index contributed by atoms with van der Waals surface area (Å²) in [5.41, 5.74) is 0. The van der Waals surface area contributed by atoms with Crippen molar-refractivity contribution >= 4 is 60.5 Å². The van der Waals surface area contributed by atoms with Crippen LogP contribution in [0.15, 0.2) is 14.1 Å². The Hall–Kier alpha value is 0.670. The van der Waals surface area contributed by atoms with Crippen LogP contribution in [-0.4, -0.2) is 31.2 Å². The summed E-state index contributed by atoms with van der Waals surface area (Å²) in [4.78, 5) is 0. The van der Waals surface area contributed by atoms with Crippen LogP contribution >= 0.6 is 50.5 Å². The molecule has 2 rings (SSSR count). The lowest BCUT2D eigenvalue weighted by atomic mass is 10.1. The maximum absolute atomic E-state index is 12.5. The molecule has 0 spiro atoms. The summed E-state index contributed by atoms with van der Waals surface area (Å²) in [6.07, 6.45) is 2.73. The highest BCUT2D eigenvalue weighted by Gasteiger charge is 2.34. The number of nitrogens with zero attached hydrogens (tertiary/aromatic N) is 1. The van der Waals surface area contributed by atoms with Crippen molar-refractivity contribution in [2.45, 2.75) is 29.5 Å². The topological polar surface area (TPSA) is 37.4 Å². The monoisotopic (exact) mass is 391 g/mol. The van der Waals surface area contributed by atoms with E-state index < -0.39 is 10.0 Å². The van der Waals surface area contributed by atoms with Crippen molar-refractivity contribution in [3.05, 3.63) is 14.9 Å². The van der Waals surface area contributed by atoms with E-state index in [1.807, 2.05) is 0 Å². The number of halogens is 3. The van der Waals surface area contributed by atoms with Gasteiger partial charge in [0.2, 0.25) is 0 Å². The molecule has 1 fully saturated rings. The number of thiophene rings is 1. The summed E-state index contributed by atoms with van der Waals surface area (Å²) in [6, 6.07) is 1.39. The van der Waals surface area contributed by atoms with Crippen LogP contribution in [0.5, 0.6) is 0 Å². The number of sulfonamides is 1. The third kappa shape index (κ3) is 2.88. The molecule has 0 amide bonds. The predicted octanol–water partition coefficient (Wildman–Crippen LogP) is 3.95. The van der Waals surface area contributed by atoms with Gasteiger partial charge < -0.3 is 0 Å². The molecule has 1 saturated heterocycles. The van der Waals surface area contributed by atoms with E-state index in [9.17, 15) is 8.42 Å². The number of hydrogen-bond donors (Lipinski definition) is 0. The molecular weight excluding hydrogens is 381 g/mol. The van der Waals surface area contributed by atoms with Crippen molar-refractivity contribution in [2.24, 2.45) is 0 Å². The van der Waals surface area contributed by atoms with Crippen LogP contribution < -0.4 is 0 Å². The molecule has 0 aliphatic carbocycles. The van der Waals surface area contributed by atoms with Crippen LogP contribution in [0, 0.1) is 0 Å². The molecule has 1 atom stereocenters. The van der Waals surface area contributed by atoms with Crippen molar-refractivity contribution < 1.29 is 8.42 Å². The van der Waals surface area contributed by atoms with Gasteiger partial charge in [-0.15, -0.1) is 22.9 Å². The molecule has 1 aromatic rings. The highest BCUT2D eigenvalue weighted by atomic mass is 79.9. The molecule has 0 saturated carbocycles. The molecule has 8 heteroatoms. The third-order valence-electron chi connectivity index (χ3n) is 2.94. The van der Waals surface area contributed by atoms with Crippen molar-refractivity contribution in [1.29, 1.82) is 0 Å². The van der Waals surface area contributed by atoms with E-state index in [1.165, 1.54) is 10.4 Å². The first-order valence-corrected chi connectivity index (χ1v) is 9.45. The number of hydrogen-bond acceptors (Lipinski definition) is 3. The van der Waals surface area contributed by atoms with E-state index in [1.54, 1.807) is 0 Å². The van der Waals surface area contributed by atoms with Crippen LogP contribution in [0.2, 0.25) is 5.02 Å². The van der Waals surface area contributed by atoms with E-state index in [2.05, 4.69) is 15.9 Å². The van der Waals surface area contributed by atoms with Gasteiger partial charge in [0.1, 0.15) is 4.21 Å². The second kappa shape index (κ2) is 5.97. The highest BCUT2D eigenvalue weighted by Crippen LogP contribution is 2.37. The minimum atomic E-state index is -3.47. The lowest BCUT2D eigenvalue weighted by Gasteiger charge is -2.32. The first-order chi connectivity index (χ1) is 8.46. The Bertz CT molecular complexity index is 512. The van der Waals surface area contributed by atoms with Gasteiger partial charge in [-0.2, -0.15) is 4.31 Å². The molecular formula is C10H12BrCl2NO2S2. The summed E-state index contributed by atoms with van der Waals surface area (Å²) in [5.74, 6) is 0.333. The van der Waals surface area contributed by atoms with Crippen molar-refractivity contribution in [2.75, 3.05) is 12.4 Å². The Morgan fingerprint density at radius 1 is 1.50 bits per heavy atom. The average molecular weight is 393 g/mol. The normalized spacial score (nSPS) is 22.3. The van der Waals surface area contributed by atoms with E-state index in [0.29, 0.717) is 21.2 Å². The molecule has 0 bridgehead atoms. The van der Waals surface area contributed by atoms with E-state index in [-0.39, 0.29) is 10.3 Å². The minimum Gasteiger partial charge on any atom is -0.206 e. The molecule has 1 aliphatic heterocycles. The van der Waals surface area contributed by atoms with E-state index >= 15 is 0 Å². The molecule has 3 nitrogen and oxygen atoms in total. The fourth-order valence-electron chi connectivity index (χ4n) is 2.01. The number of rotatable bonds is 3. The largest absolute Gasteiger partial charge is 0.252 e. The second-order valence-electron chi connectivity index (χ2n) is 4.11. The third-order valence-corrected chi connectivity index (χ3v) is 8.17. The van der Waals surface area contributed by atoms with Crippen LogP contribution in [-0.2, 0) is 10.0 Å². The summed E-state index contributed by atoms with van der Waals surface area (Å²) >= 11 is 16.1. The molecule has 0 radical (unpaired) electrons. The smallest absolute Gasteiger partial charge is 0.206 e. The average Bonchev–Trinajstić information content (AvgIpc) is 2.70. The standard InChI is InChI=1S/C10H12BrCl2NO2S2/c11-10-8(13)5-9(17-10)18(15,16)14-4-2-1-3-7(14)6-12/h5,7H,1-4,6H2. The Kier molecular flexibility index (Phi) is 5.00. The zero-order valence-electron chi connectivity index (χ0n) is 9.40. The fourth-order valence-corrected chi connectivity index (χ4v) is 6.64. The molecule has 0 aromatic carbocycles. The zero-order chi connectivity index (χ0) is 13.3. The fraction of sp³-hybridized carbons (Fsp3) is 0.600. The van der Waals surface area contributed by atoms with Gasteiger partial charge in [-0.3, -0.25) is 0 Å². The summed E-state index contributed by atoms with van der Waals surface area (Å²) in [7, 11) is -3.47. The minimum absolute atomic E-state index is 0.106. The second-order valence-corrected chi connectivity index (χ2v) is 9.31. The molecule has 0 N–H and O–H groups in total. The van der Waals surface area contributed by atoms with Gasteiger partial charge in [-0.25, -0.2) is 8.42 Å². The zero-order valence-corrected chi connectivity index (χ0v) is 14.1. The lowest BCUT2D eigenvalue weighted by Crippen LogP contribution is -2.44. The Morgan fingerprint density at radius 3 is 2.78 bits per heavy atom. The van der Waals surface area contributed by atoms with E-state index in [4.69, 9.17) is 23.2 Å². The maximum atomic E-state index is 12.5. The van der Waals surface area contributed by atoms with Crippen LogP contribution in [0.4, 0.5) is 0 Å². The summed E-state index contributed by atoms with van der Waals surface area (Å²) in [5, 5.41) is 0.429. The van der Waals surface area contributed by atoms with Gasteiger partial charge in [0.05, 0.1) is 8.81 Å². The van der Waals surface area contributed by atoms with Crippen molar-refractivity contribution in [3.63, 3.8) is 0 Å². The van der Waals surface area contributed by atoms with Crippen LogP contribution in [0.3, 0.4) is 0 Å². The molecule has 1 aromatic heterocycles. The molecule has 2 heterocycles. The Balaban J connectivity index is 2.35. The predicted molar refractivity (Wildman–Crippen MR) is 79.3 cm³/mol. The Morgan fingerprint density at radius 2 is 2.22 bits per heavy atom. The van der Waals surface area contributed by atoms with Gasteiger partial charge in [0.25, 0.3) is 10.0 Å². The number of piperidine rings is 1. The van der Waals surface area contributed by atoms with E-state index in [0.717, 1.165) is 30.6 Å². The SMILES string of the molecule is O=S(=O)(c1cc(Cl)c(Br)s1)N1CCCCC1CCl. The van der Waals surface area contributed by atoms with Gasteiger partial charge in [-0.05, 0) is 34.8 Å². The van der Waals surface area contributed by atoms with Gasteiger partial charge in [0.15, 0.2) is 0 Å². The summed E-state index contributed by atoms with van der Waals surface area (Å²) < 4.78 is 27.5. The Labute approximate surface area is 129 Å². The first-order valence-electron chi connectivity index (χ1n) is 5.49. The molecule has 1 aliphatic rings. The van der Waals surface area contributed by atoms with Crippen molar-refractivity contribution in [1.82, 2.24) is 4.31 Å². The first kappa shape index (κ1) is 15.1. The number of alkyl halides is 1. The quantitative estimate of drug-likeness (QED) is 0.730. The maximum Gasteiger partial charge on any atom is 0.252 e. The molecule has 1 unspecified atom stereocenters. The molecule has 102 valence electrons. The van der Waals surface area contributed by atoms with Crippen LogP contribution in [0.25, 0.3) is 0 Å². The van der Waals surface area contributed by atoms with Gasteiger partial charge in [0, 0.05) is 18.5 Å². The highest BCUT2D eigenvalue weighted by molar-refractivity contribution is 9.11. The molecule has 18 heavy (non-hydrogen) atoms. The lowest BCUT2D eigenvalue weighted by molar-refractivity contribution is 0.272. The summed E-state index contributed by atoms with van der Waals surface area (Å²) in [6.45, 7) is 0.535. The van der Waals surface area contributed by atoms with Crippen LogP contribution in [0.1, 0.15) is 19.3 Å². The van der Waals surface area contributed by atoms with Gasteiger partial charge in [-0.1, -0.05) is 18.0 Å². The van der Waals surface area contributed by atoms with Gasteiger partial charge >= 0.3 is 0 Å².